The summed E-state index contributed by atoms with van der Waals surface area (Å²) in [5.74, 6) is -0.428. The van der Waals surface area contributed by atoms with Crippen LogP contribution in [0, 0.1) is 0 Å². The molecular weight excluding hydrogens is 478 g/mol. The summed E-state index contributed by atoms with van der Waals surface area (Å²) >= 11 is 0. The van der Waals surface area contributed by atoms with Gasteiger partial charge in [-0.3, -0.25) is 0 Å². The third kappa shape index (κ3) is 18.7. The van der Waals surface area contributed by atoms with E-state index in [1.165, 1.54) is 0 Å². The molecule has 0 bridgehead atoms. The molecule has 12 nitrogen and oxygen atoms in total. The van der Waals surface area contributed by atoms with Gasteiger partial charge in [0, 0.05) is 53.1 Å². The van der Waals surface area contributed by atoms with E-state index < -0.39 is 30.8 Å². The van der Waals surface area contributed by atoms with Crippen molar-refractivity contribution in [1.82, 2.24) is 0 Å². The Hall–Kier alpha value is -0.233. The van der Waals surface area contributed by atoms with E-state index in [1.54, 1.807) is 28.4 Å². The second-order valence-electron chi connectivity index (χ2n) is 7.41. The fraction of sp³-hybridized carbons (Fsp3) is 1.00. The number of nitrogens with one attached hydrogen (secondary N) is 1. The van der Waals surface area contributed by atoms with Crippen molar-refractivity contribution in [1.29, 1.82) is 0 Å². The van der Waals surface area contributed by atoms with E-state index in [1.807, 2.05) is 0 Å². The first-order chi connectivity index (χ1) is 15.7. The number of rotatable bonds is 24. The SMILES string of the molecule is COCCOCCOCCOCC(O)C[NH+](CCC[Si](OC)(OC)OC)CCCS(=O)(=O)[O-]. The zero-order chi connectivity index (χ0) is 25.0. The normalized spacial score (nSPS) is 14.5. The van der Waals surface area contributed by atoms with Crippen LogP contribution in [-0.4, -0.2) is 133 Å². The maximum absolute atomic E-state index is 10.9. The van der Waals surface area contributed by atoms with Crippen LogP contribution in [0.15, 0.2) is 0 Å². The number of hydrogen-bond donors (Lipinski definition) is 2. The number of quaternary nitrogens is 1. The van der Waals surface area contributed by atoms with Gasteiger partial charge in [0.1, 0.15) is 12.6 Å². The fourth-order valence-electron chi connectivity index (χ4n) is 3.13. The highest BCUT2D eigenvalue weighted by Crippen LogP contribution is 2.13. The van der Waals surface area contributed by atoms with Crippen LogP contribution in [0.2, 0.25) is 6.04 Å². The van der Waals surface area contributed by atoms with Crippen molar-refractivity contribution >= 4 is 18.9 Å². The van der Waals surface area contributed by atoms with Crippen molar-refractivity contribution in [2.45, 2.75) is 25.0 Å². The Morgan fingerprint density at radius 3 is 1.88 bits per heavy atom. The maximum Gasteiger partial charge on any atom is 0.500 e. The van der Waals surface area contributed by atoms with Crippen molar-refractivity contribution in [3.8, 4) is 0 Å². The summed E-state index contributed by atoms with van der Waals surface area (Å²) in [5, 5.41) is 10.3. The molecule has 0 aromatic heterocycles. The number of aliphatic hydroxyl groups is 1. The molecule has 2 atom stereocenters. The Morgan fingerprint density at radius 2 is 1.36 bits per heavy atom. The first kappa shape index (κ1) is 32.8. The highest BCUT2D eigenvalue weighted by molar-refractivity contribution is 7.85. The number of aliphatic hydroxyl groups excluding tert-OH is 1. The van der Waals surface area contributed by atoms with E-state index in [0.717, 1.165) is 4.90 Å². The van der Waals surface area contributed by atoms with Gasteiger partial charge in [-0.15, -0.1) is 0 Å². The van der Waals surface area contributed by atoms with Gasteiger partial charge in [-0.1, -0.05) is 0 Å². The first-order valence-corrected chi connectivity index (χ1v) is 14.6. The van der Waals surface area contributed by atoms with Crippen LogP contribution in [0.25, 0.3) is 0 Å². The van der Waals surface area contributed by atoms with Crippen molar-refractivity contribution in [2.24, 2.45) is 0 Å². The van der Waals surface area contributed by atoms with Gasteiger partial charge in [0.25, 0.3) is 0 Å². The molecule has 0 fully saturated rings. The topological polar surface area (TPSA) is 146 Å². The molecule has 33 heavy (non-hydrogen) atoms. The van der Waals surface area contributed by atoms with Crippen LogP contribution in [0.4, 0.5) is 0 Å². The highest BCUT2D eigenvalue weighted by atomic mass is 32.2. The third-order valence-corrected chi connectivity index (χ3v) is 8.50. The molecule has 14 heteroatoms. The smallest absolute Gasteiger partial charge is 0.500 e. The summed E-state index contributed by atoms with van der Waals surface area (Å²) in [4.78, 5) is 0.963. The van der Waals surface area contributed by atoms with Gasteiger partial charge >= 0.3 is 8.80 Å². The molecule has 200 valence electrons. The minimum absolute atomic E-state index is 0.129. The number of hydrogen-bond acceptors (Lipinski definition) is 11. The molecule has 0 aliphatic heterocycles. The van der Waals surface area contributed by atoms with E-state index in [0.29, 0.717) is 71.7 Å². The Kier molecular flexibility index (Phi) is 19.9. The van der Waals surface area contributed by atoms with Gasteiger partial charge in [-0.05, 0) is 0 Å². The molecule has 0 aliphatic carbocycles. The van der Waals surface area contributed by atoms with Crippen molar-refractivity contribution in [3.63, 3.8) is 0 Å². The Bertz CT molecular complexity index is 544. The van der Waals surface area contributed by atoms with Crippen LogP contribution in [0.5, 0.6) is 0 Å². The second kappa shape index (κ2) is 20.0. The average Bonchev–Trinajstić information content (AvgIpc) is 2.77. The maximum atomic E-state index is 10.9. The predicted molar refractivity (Wildman–Crippen MR) is 121 cm³/mol. The minimum atomic E-state index is -4.27. The largest absolute Gasteiger partial charge is 0.748 e. The number of methoxy groups -OCH3 is 1. The standard InChI is InChI=1S/C19H43NO11SSi/c1-25-9-10-29-11-12-30-13-14-31-18-19(21)17-20(7-5-15-32(22,23)24)8-6-16-33(26-2,27-3)28-4/h19,21H,5-18H2,1-4H3,(H,22,23,24). The molecule has 0 saturated heterocycles. The molecule has 0 radical (unpaired) electrons. The molecule has 0 heterocycles. The number of ether oxygens (including phenoxy) is 4. The third-order valence-electron chi connectivity index (χ3n) is 4.88. The van der Waals surface area contributed by atoms with Crippen LogP contribution in [0.3, 0.4) is 0 Å². The molecule has 0 spiro atoms. The summed E-state index contributed by atoms with van der Waals surface area (Å²) in [7, 11) is -0.734. The molecule has 0 aromatic rings. The Morgan fingerprint density at radius 1 is 0.848 bits per heavy atom. The average molecular weight is 522 g/mol. The lowest BCUT2D eigenvalue weighted by Crippen LogP contribution is -3.13. The van der Waals surface area contributed by atoms with Crippen LogP contribution in [0.1, 0.15) is 12.8 Å². The predicted octanol–water partition coefficient (Wildman–Crippen LogP) is -1.87. The molecule has 2 N–H and O–H groups in total. The zero-order valence-corrected chi connectivity index (χ0v) is 22.2. The first-order valence-electron chi connectivity index (χ1n) is 11.0. The lowest BCUT2D eigenvalue weighted by atomic mass is 10.3. The van der Waals surface area contributed by atoms with Gasteiger partial charge in [0.05, 0.1) is 69.5 Å². The van der Waals surface area contributed by atoms with E-state index in [-0.39, 0.29) is 13.0 Å². The molecule has 0 aliphatic rings. The molecule has 0 saturated carbocycles. The van der Waals surface area contributed by atoms with Gasteiger partial charge in [-0.25, -0.2) is 8.42 Å². The summed E-state index contributed by atoms with van der Waals surface area (Å²) in [6.45, 7) is 4.26. The van der Waals surface area contributed by atoms with Gasteiger partial charge in [0.15, 0.2) is 0 Å². The van der Waals surface area contributed by atoms with Crippen LogP contribution in [-0.2, 0) is 42.3 Å². The van der Waals surface area contributed by atoms with E-state index in [2.05, 4.69) is 0 Å². The van der Waals surface area contributed by atoms with Crippen molar-refractivity contribution < 1.29 is 55.2 Å². The second-order valence-corrected chi connectivity index (χ2v) is 12.0. The van der Waals surface area contributed by atoms with E-state index in [9.17, 15) is 18.1 Å². The van der Waals surface area contributed by atoms with Crippen LogP contribution >= 0.6 is 0 Å². The quantitative estimate of drug-likeness (QED) is 0.0837. The molecule has 0 amide bonds. The molecular formula is C19H43NO11SSi. The summed E-state index contributed by atoms with van der Waals surface area (Å²) in [5.41, 5.74) is 0. The molecule has 2 unspecified atom stereocenters. The monoisotopic (exact) mass is 521 g/mol. The summed E-state index contributed by atoms with van der Waals surface area (Å²) in [6.07, 6.45) is 0.168. The highest BCUT2D eigenvalue weighted by Gasteiger charge is 2.37. The van der Waals surface area contributed by atoms with E-state index >= 15 is 0 Å². The summed E-state index contributed by atoms with van der Waals surface area (Å²) < 4.78 is 70.0. The lowest BCUT2D eigenvalue weighted by molar-refractivity contribution is -0.903. The fourth-order valence-corrected chi connectivity index (χ4v) is 5.35. The Balaban J connectivity index is 4.28. The van der Waals surface area contributed by atoms with Crippen LogP contribution < -0.4 is 4.90 Å². The van der Waals surface area contributed by atoms with E-state index in [4.69, 9.17) is 32.2 Å². The summed E-state index contributed by atoms with van der Waals surface area (Å²) in [6, 6.07) is 0.582. The molecule has 0 rings (SSSR count). The van der Waals surface area contributed by atoms with Gasteiger partial charge < -0.3 is 46.8 Å². The van der Waals surface area contributed by atoms with Crippen molar-refractivity contribution in [3.05, 3.63) is 0 Å². The van der Waals surface area contributed by atoms with Gasteiger partial charge in [0.2, 0.25) is 0 Å². The van der Waals surface area contributed by atoms with Crippen molar-refractivity contribution in [2.75, 3.05) is 100 Å². The minimum Gasteiger partial charge on any atom is -0.748 e. The molecule has 0 aromatic carbocycles. The van der Waals surface area contributed by atoms with Gasteiger partial charge in [-0.2, -0.15) is 0 Å². The zero-order valence-electron chi connectivity index (χ0n) is 20.4. The lowest BCUT2D eigenvalue weighted by Gasteiger charge is -2.26. The Labute approximate surface area is 199 Å².